The second kappa shape index (κ2) is 9.97. The van der Waals surface area contributed by atoms with E-state index < -0.39 is 11.4 Å². The maximum Gasteiger partial charge on any atom is 0.317 e. The van der Waals surface area contributed by atoms with E-state index in [-0.39, 0.29) is 12.5 Å². The molecule has 2 heterocycles. The summed E-state index contributed by atoms with van der Waals surface area (Å²) in [5.74, 6) is 0.395. The Kier molecular flexibility index (Phi) is 7.34. The van der Waals surface area contributed by atoms with Gasteiger partial charge in [-0.05, 0) is 43.2 Å². The van der Waals surface area contributed by atoms with Crippen molar-refractivity contribution in [1.82, 2.24) is 9.80 Å². The second-order valence-electron chi connectivity index (χ2n) is 8.58. The molecule has 0 aliphatic carbocycles. The van der Waals surface area contributed by atoms with E-state index in [1.54, 1.807) is 13.0 Å². The van der Waals surface area contributed by atoms with Crippen molar-refractivity contribution in [3.05, 3.63) is 35.9 Å². The number of rotatable bonds is 7. The van der Waals surface area contributed by atoms with Crippen LogP contribution in [-0.2, 0) is 15.0 Å². The first-order valence-corrected chi connectivity index (χ1v) is 10.9. The Bertz CT molecular complexity index is 860. The number of carboxylic acids is 1. The summed E-state index contributed by atoms with van der Waals surface area (Å²) in [5, 5.41) is 19.0. The van der Waals surface area contributed by atoms with Gasteiger partial charge in [-0.1, -0.05) is 24.8 Å². The molecule has 7 heteroatoms. The first-order valence-electron chi connectivity index (χ1n) is 10.9. The Balaban J connectivity index is 1.69. The van der Waals surface area contributed by atoms with Crippen LogP contribution >= 0.6 is 0 Å². The molecule has 2 fully saturated rings. The Morgan fingerprint density at radius 2 is 1.97 bits per heavy atom. The van der Waals surface area contributed by atoms with Crippen molar-refractivity contribution in [3.8, 4) is 11.8 Å². The molecule has 1 aromatic carbocycles. The molecule has 2 aliphatic heterocycles. The van der Waals surface area contributed by atoms with Crippen molar-refractivity contribution >= 4 is 18.0 Å². The van der Waals surface area contributed by atoms with Crippen LogP contribution in [0, 0.1) is 17.2 Å². The number of carboxylic acid groups (broad SMARTS) is 1. The summed E-state index contributed by atoms with van der Waals surface area (Å²) in [6.45, 7) is 8.75. The molecular formula is C24H31N3O4. The Labute approximate surface area is 183 Å². The summed E-state index contributed by atoms with van der Waals surface area (Å²) in [5.41, 5.74) is 1.16. The van der Waals surface area contributed by atoms with Gasteiger partial charge in [0.2, 0.25) is 5.91 Å². The largest absolute Gasteiger partial charge is 0.493 e. The Hall–Kier alpha value is -2.85. The number of nitriles is 1. The Morgan fingerprint density at radius 1 is 1.29 bits per heavy atom. The lowest BCUT2D eigenvalue weighted by Crippen LogP contribution is -2.43. The number of hydrogen-bond donors (Lipinski definition) is 1. The third-order valence-corrected chi connectivity index (χ3v) is 6.60. The molecule has 3 rings (SSSR count). The van der Waals surface area contributed by atoms with Gasteiger partial charge in [0, 0.05) is 38.7 Å². The van der Waals surface area contributed by atoms with Crippen LogP contribution in [0.4, 0.5) is 0 Å². The van der Waals surface area contributed by atoms with Crippen LogP contribution in [0.1, 0.15) is 43.7 Å². The van der Waals surface area contributed by atoms with Gasteiger partial charge < -0.3 is 14.7 Å². The van der Waals surface area contributed by atoms with E-state index in [0.29, 0.717) is 38.5 Å². The van der Waals surface area contributed by atoms with Gasteiger partial charge in [-0.25, -0.2) is 0 Å². The zero-order valence-corrected chi connectivity index (χ0v) is 18.2. The van der Waals surface area contributed by atoms with Crippen LogP contribution in [0.25, 0.3) is 6.08 Å². The molecular weight excluding hydrogens is 394 g/mol. The number of amides is 1. The van der Waals surface area contributed by atoms with Gasteiger partial charge in [-0.3, -0.25) is 14.5 Å². The monoisotopic (exact) mass is 425 g/mol. The van der Waals surface area contributed by atoms with Gasteiger partial charge >= 0.3 is 5.97 Å². The zero-order valence-electron chi connectivity index (χ0n) is 18.2. The minimum Gasteiger partial charge on any atom is -0.493 e. The highest BCUT2D eigenvalue weighted by atomic mass is 16.5. The van der Waals surface area contributed by atoms with Crippen LogP contribution in [0.2, 0.25) is 0 Å². The standard InChI is InChI=1S/C24H31N3O4/c1-3-20-4-5-21(24(17-25)8-12-26(13-9-24)15-23(29)30)14-22(20)31-16-19-6-10-27(11-7-19)18(2)28/h3-5,14,19H,1,6-13,15-16H2,2H3,(H,29,30). The van der Waals surface area contributed by atoms with Crippen molar-refractivity contribution in [2.24, 2.45) is 5.92 Å². The number of nitrogens with zero attached hydrogens (tertiary/aromatic N) is 3. The number of ether oxygens (including phenoxy) is 1. The molecule has 0 aromatic heterocycles. The fraction of sp³-hybridized carbons (Fsp3) is 0.542. The van der Waals surface area contributed by atoms with Crippen molar-refractivity contribution in [1.29, 1.82) is 5.26 Å². The minimum atomic E-state index is -0.843. The summed E-state index contributed by atoms with van der Waals surface area (Å²) in [6.07, 6.45) is 4.78. The van der Waals surface area contributed by atoms with E-state index in [2.05, 4.69) is 12.6 Å². The normalized spacial score (nSPS) is 19.4. The summed E-state index contributed by atoms with van der Waals surface area (Å²) in [6, 6.07) is 8.36. The maximum absolute atomic E-state index is 11.5. The molecule has 0 atom stereocenters. The lowest BCUT2D eigenvalue weighted by molar-refractivity contribution is -0.138. The van der Waals surface area contributed by atoms with Crippen LogP contribution in [0.5, 0.6) is 5.75 Å². The summed E-state index contributed by atoms with van der Waals surface area (Å²) in [7, 11) is 0. The summed E-state index contributed by atoms with van der Waals surface area (Å²) >= 11 is 0. The quantitative estimate of drug-likeness (QED) is 0.722. The second-order valence-corrected chi connectivity index (χ2v) is 8.58. The molecule has 0 radical (unpaired) electrons. The predicted octanol–water partition coefficient (Wildman–Crippen LogP) is 2.91. The molecule has 1 amide bonds. The molecule has 0 unspecified atom stereocenters. The molecule has 1 aromatic rings. The molecule has 2 aliphatic rings. The lowest BCUT2D eigenvalue weighted by Gasteiger charge is -2.37. The van der Waals surface area contributed by atoms with E-state index in [1.165, 1.54) is 0 Å². The zero-order chi connectivity index (χ0) is 22.4. The third-order valence-electron chi connectivity index (χ3n) is 6.60. The van der Waals surface area contributed by atoms with Crippen LogP contribution in [0.15, 0.2) is 24.8 Å². The Morgan fingerprint density at radius 3 is 2.52 bits per heavy atom. The summed E-state index contributed by atoms with van der Waals surface area (Å²) in [4.78, 5) is 26.2. The highest BCUT2D eigenvalue weighted by Gasteiger charge is 2.37. The molecule has 31 heavy (non-hydrogen) atoms. The van der Waals surface area contributed by atoms with E-state index in [1.807, 2.05) is 28.0 Å². The van der Waals surface area contributed by atoms with E-state index >= 15 is 0 Å². The first-order chi connectivity index (χ1) is 14.9. The number of piperidine rings is 2. The number of carbonyl (C=O) groups is 2. The molecule has 7 nitrogen and oxygen atoms in total. The number of aliphatic carboxylic acids is 1. The van der Waals surface area contributed by atoms with Crippen LogP contribution < -0.4 is 4.74 Å². The molecule has 166 valence electrons. The van der Waals surface area contributed by atoms with E-state index in [0.717, 1.165) is 42.8 Å². The van der Waals surface area contributed by atoms with Gasteiger partial charge in [-0.15, -0.1) is 0 Å². The number of benzene rings is 1. The molecule has 0 spiro atoms. The van der Waals surface area contributed by atoms with E-state index in [4.69, 9.17) is 9.84 Å². The van der Waals surface area contributed by atoms with Gasteiger partial charge in [0.15, 0.2) is 0 Å². The SMILES string of the molecule is C=Cc1ccc(C2(C#N)CCN(CC(=O)O)CC2)cc1OCC1CCN(C(C)=O)CC1. The highest BCUT2D eigenvalue weighted by molar-refractivity contribution is 5.73. The fourth-order valence-electron chi connectivity index (χ4n) is 4.50. The molecule has 2 saturated heterocycles. The lowest BCUT2D eigenvalue weighted by atomic mass is 9.73. The van der Waals surface area contributed by atoms with Crippen molar-refractivity contribution in [3.63, 3.8) is 0 Å². The van der Waals surface area contributed by atoms with Crippen LogP contribution in [-0.4, -0.2) is 66.1 Å². The molecule has 0 saturated carbocycles. The van der Waals surface area contributed by atoms with Gasteiger partial charge in [0.05, 0.1) is 24.6 Å². The molecule has 1 N–H and O–H groups in total. The highest BCUT2D eigenvalue weighted by Crippen LogP contribution is 2.38. The average Bonchev–Trinajstić information content (AvgIpc) is 2.78. The van der Waals surface area contributed by atoms with Crippen molar-refractivity contribution < 1.29 is 19.4 Å². The molecule has 0 bridgehead atoms. The van der Waals surface area contributed by atoms with Crippen molar-refractivity contribution in [2.45, 2.75) is 38.0 Å². The average molecular weight is 426 g/mol. The van der Waals surface area contributed by atoms with Gasteiger partial charge in [0.25, 0.3) is 0 Å². The minimum absolute atomic E-state index is 0.00766. The van der Waals surface area contributed by atoms with Crippen LogP contribution in [0.3, 0.4) is 0 Å². The van der Waals surface area contributed by atoms with Gasteiger partial charge in [0.1, 0.15) is 5.75 Å². The van der Waals surface area contributed by atoms with Gasteiger partial charge in [-0.2, -0.15) is 5.26 Å². The first kappa shape index (κ1) is 22.8. The third kappa shape index (κ3) is 5.45. The van der Waals surface area contributed by atoms with Crippen molar-refractivity contribution in [2.75, 3.05) is 39.3 Å². The van der Waals surface area contributed by atoms with E-state index in [9.17, 15) is 14.9 Å². The summed E-state index contributed by atoms with van der Waals surface area (Å²) < 4.78 is 6.19. The predicted molar refractivity (Wildman–Crippen MR) is 118 cm³/mol. The smallest absolute Gasteiger partial charge is 0.317 e. The number of likely N-dealkylation sites (tertiary alicyclic amines) is 2. The topological polar surface area (TPSA) is 93.9 Å². The fourth-order valence-corrected chi connectivity index (χ4v) is 4.50. The number of carbonyl (C=O) groups excluding carboxylic acids is 1. The maximum atomic E-state index is 11.5. The number of hydrogen-bond acceptors (Lipinski definition) is 5.